The number of nitrogen functional groups attached to an aromatic ring is 1. The van der Waals surface area contributed by atoms with E-state index >= 15 is 0 Å². The zero-order chi connectivity index (χ0) is 30.3. The Hall–Kier alpha value is -4.42. The summed E-state index contributed by atoms with van der Waals surface area (Å²) in [5.74, 6) is -2.35. The second-order valence-corrected chi connectivity index (χ2v) is 13.3. The SMILES string of the molecule is Nc1ccc(C(O)=C2C(=O)C(=O)N(c3ncc(S(=O)(=O)c4ccccc4)s3)C2c2cccc(Cl)c2)c(-c2ccccc2)c1.S. The highest BCUT2D eigenvalue weighted by Crippen LogP contribution is 2.45. The van der Waals surface area contributed by atoms with Crippen LogP contribution in [0.5, 0.6) is 0 Å². The van der Waals surface area contributed by atoms with Gasteiger partial charge in [0.2, 0.25) is 9.84 Å². The Morgan fingerprint density at radius 2 is 1.59 bits per heavy atom. The summed E-state index contributed by atoms with van der Waals surface area (Å²) in [7, 11) is -3.94. The van der Waals surface area contributed by atoms with Crippen LogP contribution in [0.4, 0.5) is 10.8 Å². The zero-order valence-electron chi connectivity index (χ0n) is 22.7. The maximum Gasteiger partial charge on any atom is 0.301 e. The monoisotopic (exact) mass is 661 g/mol. The number of anilines is 2. The smallest absolute Gasteiger partial charge is 0.301 e. The van der Waals surface area contributed by atoms with Crippen LogP contribution in [0.2, 0.25) is 5.02 Å². The first-order valence-electron chi connectivity index (χ1n) is 12.9. The van der Waals surface area contributed by atoms with Crippen molar-refractivity contribution in [3.05, 3.63) is 131 Å². The molecule has 1 unspecified atom stereocenters. The van der Waals surface area contributed by atoms with E-state index in [0.717, 1.165) is 28.0 Å². The lowest BCUT2D eigenvalue weighted by atomic mass is 9.91. The standard InChI is InChI=1S/C32H22ClN3O5S2.H2S/c33-21-11-7-10-20(16-21)28-27(29(37)24-15-14-22(34)17-25(24)19-8-3-1-4-9-19)30(38)31(39)36(28)32-35-18-26(42-32)43(40,41)23-12-5-2-6-13-23;/h1-18,28,37H,34H2;1H2. The summed E-state index contributed by atoms with van der Waals surface area (Å²) in [6.45, 7) is 0. The summed E-state index contributed by atoms with van der Waals surface area (Å²) in [6, 6.07) is 27.3. The minimum atomic E-state index is -3.94. The van der Waals surface area contributed by atoms with Crippen molar-refractivity contribution in [2.45, 2.75) is 15.1 Å². The largest absolute Gasteiger partial charge is 0.507 e. The molecule has 0 radical (unpaired) electrons. The van der Waals surface area contributed by atoms with Crippen LogP contribution in [-0.4, -0.2) is 30.2 Å². The van der Waals surface area contributed by atoms with Gasteiger partial charge < -0.3 is 10.8 Å². The molecule has 12 heteroatoms. The van der Waals surface area contributed by atoms with E-state index in [0.29, 0.717) is 21.8 Å². The van der Waals surface area contributed by atoms with Crippen molar-refractivity contribution in [2.24, 2.45) is 0 Å². The Labute approximate surface area is 269 Å². The molecule has 1 aliphatic rings. The molecule has 1 amide bonds. The number of thiazole rings is 1. The fourth-order valence-electron chi connectivity index (χ4n) is 4.99. The lowest BCUT2D eigenvalue weighted by Crippen LogP contribution is -2.29. The zero-order valence-corrected chi connectivity index (χ0v) is 26.1. The molecular formula is C32H24ClN3O5S3. The number of aromatic nitrogens is 1. The highest BCUT2D eigenvalue weighted by molar-refractivity contribution is 7.93. The van der Waals surface area contributed by atoms with Crippen LogP contribution in [0.15, 0.2) is 124 Å². The van der Waals surface area contributed by atoms with Gasteiger partial charge in [-0.1, -0.05) is 83.6 Å². The number of sulfone groups is 1. The van der Waals surface area contributed by atoms with Crippen molar-refractivity contribution in [1.29, 1.82) is 0 Å². The number of aliphatic hydroxyl groups excluding tert-OH is 1. The van der Waals surface area contributed by atoms with Crippen LogP contribution < -0.4 is 10.6 Å². The molecule has 1 atom stereocenters. The summed E-state index contributed by atoms with van der Waals surface area (Å²) in [4.78, 5) is 32.8. The number of aliphatic hydroxyl groups is 1. The summed E-state index contributed by atoms with van der Waals surface area (Å²) < 4.78 is 26.5. The van der Waals surface area contributed by atoms with E-state index < -0.39 is 33.3 Å². The van der Waals surface area contributed by atoms with Crippen molar-refractivity contribution in [2.75, 3.05) is 10.6 Å². The molecule has 3 N–H and O–H groups in total. The van der Waals surface area contributed by atoms with E-state index in [1.807, 2.05) is 30.3 Å². The molecular weight excluding hydrogens is 638 g/mol. The minimum Gasteiger partial charge on any atom is -0.507 e. The van der Waals surface area contributed by atoms with Crippen molar-refractivity contribution in [3.63, 3.8) is 0 Å². The second-order valence-electron chi connectivity index (χ2n) is 9.67. The summed E-state index contributed by atoms with van der Waals surface area (Å²) >= 11 is 7.07. The Bertz CT molecular complexity index is 2030. The van der Waals surface area contributed by atoms with Crippen LogP contribution >= 0.6 is 36.4 Å². The molecule has 0 aliphatic carbocycles. The van der Waals surface area contributed by atoms with Crippen molar-refractivity contribution >= 4 is 74.5 Å². The van der Waals surface area contributed by atoms with Crippen LogP contribution in [0, 0.1) is 0 Å². The van der Waals surface area contributed by atoms with E-state index in [9.17, 15) is 23.1 Å². The van der Waals surface area contributed by atoms with Gasteiger partial charge in [-0.15, -0.1) is 0 Å². The first-order valence-corrected chi connectivity index (χ1v) is 15.6. The molecule has 0 saturated carbocycles. The summed E-state index contributed by atoms with van der Waals surface area (Å²) in [5, 5.41) is 12.1. The maximum atomic E-state index is 13.7. The molecule has 1 aliphatic heterocycles. The molecule has 1 saturated heterocycles. The van der Waals surface area contributed by atoms with Gasteiger partial charge in [-0.2, -0.15) is 13.5 Å². The predicted octanol–water partition coefficient (Wildman–Crippen LogP) is 6.62. The number of halogens is 1. The molecule has 6 rings (SSSR count). The lowest BCUT2D eigenvalue weighted by molar-refractivity contribution is -0.132. The number of nitrogens with zero attached hydrogens (tertiary/aromatic N) is 2. The van der Waals surface area contributed by atoms with Crippen molar-refractivity contribution in [1.82, 2.24) is 4.98 Å². The topological polar surface area (TPSA) is 131 Å². The normalized spacial score (nSPS) is 16.1. The molecule has 5 aromatic rings. The fraction of sp³-hybridized carbons (Fsp3) is 0.0312. The van der Waals surface area contributed by atoms with Gasteiger partial charge in [0, 0.05) is 16.3 Å². The fourth-order valence-corrected chi connectivity index (χ4v) is 7.76. The Morgan fingerprint density at radius 3 is 2.27 bits per heavy atom. The first-order chi connectivity index (χ1) is 20.7. The van der Waals surface area contributed by atoms with Crippen molar-refractivity contribution in [3.8, 4) is 11.1 Å². The van der Waals surface area contributed by atoms with E-state index in [4.69, 9.17) is 17.3 Å². The number of ketones is 1. The first kappa shape index (κ1) is 31.0. The number of Topliss-reactive ketones (excluding diaryl/α,β-unsaturated/α-hetero) is 1. The third-order valence-electron chi connectivity index (χ3n) is 6.99. The Morgan fingerprint density at radius 1 is 0.909 bits per heavy atom. The average Bonchev–Trinajstić information content (AvgIpc) is 3.61. The maximum absolute atomic E-state index is 13.7. The predicted molar refractivity (Wildman–Crippen MR) is 177 cm³/mol. The molecule has 44 heavy (non-hydrogen) atoms. The number of nitrogens with two attached hydrogens (primary N) is 1. The summed E-state index contributed by atoms with van der Waals surface area (Å²) in [6.07, 6.45) is 1.16. The number of carbonyl (C=O) groups excluding carboxylic acids is 2. The average molecular weight is 662 g/mol. The van der Waals surface area contributed by atoms with Gasteiger partial charge in [-0.25, -0.2) is 13.4 Å². The number of benzene rings is 4. The second kappa shape index (κ2) is 12.3. The van der Waals surface area contributed by atoms with Gasteiger partial charge in [0.25, 0.3) is 5.78 Å². The molecule has 0 spiro atoms. The number of amides is 1. The van der Waals surface area contributed by atoms with Gasteiger partial charge in [0.05, 0.1) is 22.7 Å². The Balaban J connectivity index is 0.00000384. The number of carbonyl (C=O) groups is 2. The number of hydrogen-bond donors (Lipinski definition) is 2. The van der Waals surface area contributed by atoms with Gasteiger partial charge >= 0.3 is 5.91 Å². The van der Waals surface area contributed by atoms with E-state index in [1.165, 1.54) is 12.1 Å². The van der Waals surface area contributed by atoms with Crippen LogP contribution in [-0.2, 0) is 19.4 Å². The lowest BCUT2D eigenvalue weighted by Gasteiger charge is -2.23. The van der Waals surface area contributed by atoms with Crippen LogP contribution in [0.1, 0.15) is 17.2 Å². The van der Waals surface area contributed by atoms with Gasteiger partial charge in [0.15, 0.2) is 5.13 Å². The number of rotatable bonds is 6. The molecule has 1 fully saturated rings. The molecule has 8 nitrogen and oxygen atoms in total. The Kier molecular flexibility index (Phi) is 8.66. The van der Waals surface area contributed by atoms with E-state index in [2.05, 4.69) is 4.98 Å². The molecule has 0 bridgehead atoms. The molecule has 222 valence electrons. The van der Waals surface area contributed by atoms with Gasteiger partial charge in [0.1, 0.15) is 9.97 Å². The van der Waals surface area contributed by atoms with E-state index in [-0.39, 0.29) is 38.9 Å². The minimum absolute atomic E-state index is 0. The van der Waals surface area contributed by atoms with Crippen LogP contribution in [0.25, 0.3) is 16.9 Å². The third-order valence-corrected chi connectivity index (χ3v) is 10.5. The number of hydrogen-bond acceptors (Lipinski definition) is 8. The van der Waals surface area contributed by atoms with Gasteiger partial charge in [-0.3, -0.25) is 14.5 Å². The van der Waals surface area contributed by atoms with Crippen LogP contribution in [0.3, 0.4) is 0 Å². The highest BCUT2D eigenvalue weighted by atomic mass is 35.5. The van der Waals surface area contributed by atoms with Gasteiger partial charge in [-0.05, 0) is 59.2 Å². The third kappa shape index (κ3) is 5.50. The van der Waals surface area contributed by atoms with E-state index in [1.54, 1.807) is 60.7 Å². The molecule has 2 heterocycles. The van der Waals surface area contributed by atoms with Crippen molar-refractivity contribution < 1.29 is 23.1 Å². The quantitative estimate of drug-likeness (QED) is 0.0905. The summed E-state index contributed by atoms with van der Waals surface area (Å²) in [5.41, 5.74) is 8.33. The molecule has 4 aromatic carbocycles. The highest BCUT2D eigenvalue weighted by Gasteiger charge is 2.48. The molecule has 1 aromatic heterocycles.